The molecule has 5 nitrogen and oxygen atoms in total. The molecule has 1 N–H and O–H groups in total. The first-order valence-corrected chi connectivity index (χ1v) is 10.6. The second-order valence-corrected chi connectivity index (χ2v) is 8.74. The first-order chi connectivity index (χ1) is 12.9. The van der Waals surface area contributed by atoms with E-state index >= 15 is 0 Å². The molecule has 144 valence electrons. The zero-order valence-electron chi connectivity index (χ0n) is 14.6. The van der Waals surface area contributed by atoms with Crippen molar-refractivity contribution in [3.63, 3.8) is 0 Å². The first-order valence-electron chi connectivity index (χ1n) is 8.75. The van der Waals surface area contributed by atoms with Gasteiger partial charge in [-0.05, 0) is 49.2 Å². The van der Waals surface area contributed by atoms with Gasteiger partial charge in [0.1, 0.15) is 5.82 Å². The Kier molecular flexibility index (Phi) is 6.14. The lowest BCUT2D eigenvalue weighted by atomic mass is 10.2. The minimum absolute atomic E-state index is 0.00728. The summed E-state index contributed by atoms with van der Waals surface area (Å²) in [5, 5.41) is 2.54. The zero-order chi connectivity index (χ0) is 19.4. The lowest BCUT2D eigenvalue weighted by molar-refractivity contribution is 0.102. The molecule has 0 bridgehead atoms. The Morgan fingerprint density at radius 2 is 1.63 bits per heavy atom. The van der Waals surface area contributed by atoms with Gasteiger partial charge in [0.2, 0.25) is 10.0 Å². The molecule has 0 spiro atoms. The van der Waals surface area contributed by atoms with Crippen molar-refractivity contribution in [3.8, 4) is 0 Å². The predicted octanol–water partition coefficient (Wildman–Crippen LogP) is 4.30. The van der Waals surface area contributed by atoms with E-state index in [0.717, 1.165) is 31.7 Å². The molecule has 0 atom stereocenters. The highest BCUT2D eigenvalue weighted by atomic mass is 35.5. The van der Waals surface area contributed by atoms with Gasteiger partial charge in [-0.3, -0.25) is 4.79 Å². The standard InChI is InChI=1S/C19H20ClFN2O3S/c20-16-6-5-7-17(21)18(16)19(24)22-14-8-10-15(11-9-14)27(25,26)23-12-3-1-2-4-13-23/h5-11H,1-4,12-13H2,(H,22,24). The van der Waals surface area contributed by atoms with Crippen molar-refractivity contribution in [2.45, 2.75) is 30.6 Å². The Balaban J connectivity index is 1.76. The molecule has 0 saturated carbocycles. The van der Waals surface area contributed by atoms with E-state index in [2.05, 4.69) is 5.32 Å². The van der Waals surface area contributed by atoms with Crippen LogP contribution in [-0.4, -0.2) is 31.7 Å². The summed E-state index contributed by atoms with van der Waals surface area (Å²) in [4.78, 5) is 12.4. The van der Waals surface area contributed by atoms with Crippen LogP contribution in [0.2, 0.25) is 5.02 Å². The topological polar surface area (TPSA) is 66.5 Å². The lowest BCUT2D eigenvalue weighted by Gasteiger charge is -2.20. The Hall–Kier alpha value is -1.96. The molecular formula is C19H20ClFN2O3S. The third-order valence-corrected chi connectivity index (χ3v) is 6.73. The summed E-state index contributed by atoms with van der Waals surface area (Å²) in [6.45, 7) is 1.04. The summed E-state index contributed by atoms with van der Waals surface area (Å²) in [7, 11) is -3.56. The number of carbonyl (C=O) groups is 1. The molecule has 1 aliphatic heterocycles. The molecule has 0 aliphatic carbocycles. The van der Waals surface area contributed by atoms with Crippen LogP contribution in [0.3, 0.4) is 0 Å². The van der Waals surface area contributed by atoms with Crippen molar-refractivity contribution in [3.05, 3.63) is 58.9 Å². The fraction of sp³-hybridized carbons (Fsp3) is 0.316. The number of benzene rings is 2. The molecule has 1 heterocycles. The van der Waals surface area contributed by atoms with Crippen LogP contribution >= 0.6 is 11.6 Å². The van der Waals surface area contributed by atoms with Crippen molar-refractivity contribution in [1.82, 2.24) is 4.31 Å². The normalized spacial score (nSPS) is 15.9. The van der Waals surface area contributed by atoms with Gasteiger partial charge in [-0.25, -0.2) is 12.8 Å². The van der Waals surface area contributed by atoms with Crippen molar-refractivity contribution in [2.75, 3.05) is 18.4 Å². The number of halogens is 2. The average Bonchev–Trinajstić information content (AvgIpc) is 2.92. The number of nitrogens with one attached hydrogen (secondary N) is 1. The molecule has 1 aliphatic rings. The van der Waals surface area contributed by atoms with E-state index in [0.29, 0.717) is 18.8 Å². The minimum atomic E-state index is -3.56. The van der Waals surface area contributed by atoms with Crippen LogP contribution in [0.1, 0.15) is 36.0 Å². The van der Waals surface area contributed by atoms with Gasteiger partial charge in [-0.2, -0.15) is 4.31 Å². The van der Waals surface area contributed by atoms with E-state index in [1.165, 1.54) is 40.7 Å². The van der Waals surface area contributed by atoms with Gasteiger partial charge in [-0.1, -0.05) is 30.5 Å². The Morgan fingerprint density at radius 1 is 1.00 bits per heavy atom. The van der Waals surface area contributed by atoms with Crippen molar-refractivity contribution in [1.29, 1.82) is 0 Å². The summed E-state index contributed by atoms with van der Waals surface area (Å²) in [6, 6.07) is 9.84. The Labute approximate surface area is 163 Å². The zero-order valence-corrected chi connectivity index (χ0v) is 16.2. The molecule has 0 unspecified atom stereocenters. The molecule has 27 heavy (non-hydrogen) atoms. The van der Waals surface area contributed by atoms with Gasteiger partial charge in [0.25, 0.3) is 5.91 Å². The van der Waals surface area contributed by atoms with Crippen LogP contribution in [0.5, 0.6) is 0 Å². The SMILES string of the molecule is O=C(Nc1ccc(S(=O)(=O)N2CCCCCC2)cc1)c1c(F)cccc1Cl. The second kappa shape index (κ2) is 8.37. The maximum Gasteiger partial charge on any atom is 0.260 e. The van der Waals surface area contributed by atoms with Crippen molar-refractivity contribution < 1.29 is 17.6 Å². The number of carbonyl (C=O) groups excluding carboxylic acids is 1. The minimum Gasteiger partial charge on any atom is -0.322 e. The van der Waals surface area contributed by atoms with E-state index in [-0.39, 0.29) is 15.5 Å². The number of amides is 1. The molecule has 3 rings (SSSR count). The van der Waals surface area contributed by atoms with Gasteiger partial charge < -0.3 is 5.32 Å². The molecule has 1 fully saturated rings. The van der Waals surface area contributed by atoms with E-state index in [9.17, 15) is 17.6 Å². The Morgan fingerprint density at radius 3 is 2.22 bits per heavy atom. The molecular weight excluding hydrogens is 391 g/mol. The smallest absolute Gasteiger partial charge is 0.260 e. The summed E-state index contributed by atoms with van der Waals surface area (Å²) >= 11 is 5.89. The van der Waals surface area contributed by atoms with Crippen molar-refractivity contribution >= 4 is 33.2 Å². The number of rotatable bonds is 4. The number of hydrogen-bond donors (Lipinski definition) is 1. The van der Waals surface area contributed by atoms with E-state index < -0.39 is 21.7 Å². The van der Waals surface area contributed by atoms with E-state index in [1.807, 2.05) is 0 Å². The largest absolute Gasteiger partial charge is 0.322 e. The summed E-state index contributed by atoms with van der Waals surface area (Å²) in [5.41, 5.74) is 0.106. The van der Waals surface area contributed by atoms with E-state index in [4.69, 9.17) is 11.6 Å². The third kappa shape index (κ3) is 4.48. The predicted molar refractivity (Wildman–Crippen MR) is 103 cm³/mol. The highest BCUT2D eigenvalue weighted by Crippen LogP contribution is 2.23. The number of sulfonamides is 1. The van der Waals surface area contributed by atoms with Crippen LogP contribution in [0, 0.1) is 5.82 Å². The van der Waals surface area contributed by atoms with Gasteiger partial charge in [0.05, 0.1) is 15.5 Å². The van der Waals surface area contributed by atoms with Gasteiger partial charge in [0.15, 0.2) is 0 Å². The van der Waals surface area contributed by atoms with Crippen LogP contribution in [-0.2, 0) is 10.0 Å². The maximum absolute atomic E-state index is 13.8. The van der Waals surface area contributed by atoms with Crippen LogP contribution in [0.4, 0.5) is 10.1 Å². The molecule has 0 aromatic heterocycles. The summed E-state index contributed by atoms with van der Waals surface area (Å²) in [5.74, 6) is -1.42. The average molecular weight is 411 g/mol. The molecule has 8 heteroatoms. The lowest BCUT2D eigenvalue weighted by Crippen LogP contribution is -2.31. The van der Waals surface area contributed by atoms with Gasteiger partial charge >= 0.3 is 0 Å². The third-order valence-electron chi connectivity index (χ3n) is 4.50. The monoisotopic (exact) mass is 410 g/mol. The molecule has 1 amide bonds. The summed E-state index contributed by atoms with van der Waals surface area (Å²) < 4.78 is 40.9. The van der Waals surface area contributed by atoms with Crippen molar-refractivity contribution in [2.24, 2.45) is 0 Å². The molecule has 0 radical (unpaired) electrons. The number of hydrogen-bond acceptors (Lipinski definition) is 3. The number of anilines is 1. The molecule has 2 aromatic carbocycles. The highest BCUT2D eigenvalue weighted by Gasteiger charge is 2.25. The number of nitrogens with zero attached hydrogens (tertiary/aromatic N) is 1. The Bertz CT molecular complexity index is 904. The van der Waals surface area contributed by atoms with Gasteiger partial charge in [-0.15, -0.1) is 0 Å². The first kappa shape index (κ1) is 19.8. The second-order valence-electron chi connectivity index (χ2n) is 6.39. The van der Waals surface area contributed by atoms with Crippen LogP contribution < -0.4 is 5.32 Å². The van der Waals surface area contributed by atoms with E-state index in [1.54, 1.807) is 0 Å². The fourth-order valence-electron chi connectivity index (χ4n) is 3.05. The fourth-order valence-corrected chi connectivity index (χ4v) is 4.82. The quantitative estimate of drug-likeness (QED) is 0.817. The molecule has 2 aromatic rings. The maximum atomic E-state index is 13.8. The molecule has 1 saturated heterocycles. The van der Waals surface area contributed by atoms with Crippen LogP contribution in [0.25, 0.3) is 0 Å². The summed E-state index contributed by atoms with van der Waals surface area (Å²) in [6.07, 6.45) is 3.79. The van der Waals surface area contributed by atoms with Gasteiger partial charge in [0, 0.05) is 18.8 Å². The highest BCUT2D eigenvalue weighted by molar-refractivity contribution is 7.89. The van der Waals surface area contributed by atoms with Crippen LogP contribution in [0.15, 0.2) is 47.4 Å².